The SMILES string of the molecule is Brc1ccc(-c2nc(-c3ccccc3)c(-c3ccccc3)n2-c2nc(-c3ccccc3)c(-c3ccccc3)n2-c2ccc(Br)cc2Br)c(Br)c1. The first-order chi connectivity index (χ1) is 24.5. The molecule has 2 heterocycles. The Bertz CT molecular complexity index is 2460. The zero-order valence-electron chi connectivity index (χ0n) is 26.3. The smallest absolute Gasteiger partial charge is 0.221 e. The van der Waals surface area contributed by atoms with Gasteiger partial charge in [-0.1, -0.05) is 153 Å². The Labute approximate surface area is 324 Å². The summed E-state index contributed by atoms with van der Waals surface area (Å²) < 4.78 is 8.24. The summed E-state index contributed by atoms with van der Waals surface area (Å²) in [6, 6.07) is 54.1. The van der Waals surface area contributed by atoms with Crippen LogP contribution in [0.1, 0.15) is 0 Å². The molecule has 0 aliphatic rings. The molecule has 6 aromatic carbocycles. The Balaban J connectivity index is 1.60. The fourth-order valence-electron chi connectivity index (χ4n) is 6.23. The standard InChI is InChI=1S/C42H26Br4N4/c43-31-21-23-33(34(45)25-31)41-47-37(27-13-5-1-6-14-27)40(30-19-11-4-12-20-30)50(41)42-48-38(28-15-7-2-8-16-28)39(29-17-9-3-10-18-29)49(42)36-24-22-32(44)26-35(36)46/h1-26H. The maximum Gasteiger partial charge on any atom is 0.221 e. The molecule has 242 valence electrons. The average Bonchev–Trinajstić information content (AvgIpc) is 3.73. The van der Waals surface area contributed by atoms with E-state index in [1.54, 1.807) is 0 Å². The fraction of sp³-hybridized carbons (Fsp3) is 0. The minimum atomic E-state index is 0.698. The molecule has 0 saturated carbocycles. The van der Waals surface area contributed by atoms with Crippen molar-refractivity contribution in [2.45, 2.75) is 0 Å². The molecule has 0 spiro atoms. The van der Waals surface area contributed by atoms with Crippen molar-refractivity contribution < 1.29 is 0 Å². The fourth-order valence-corrected chi connectivity index (χ4v) is 8.68. The molecule has 0 bridgehead atoms. The number of rotatable bonds is 7. The summed E-state index contributed by atoms with van der Waals surface area (Å²) in [5.74, 6) is 1.45. The zero-order valence-corrected chi connectivity index (χ0v) is 32.7. The first kappa shape index (κ1) is 32.8. The summed E-state index contributed by atoms with van der Waals surface area (Å²) in [5.41, 5.74) is 9.55. The van der Waals surface area contributed by atoms with E-state index in [4.69, 9.17) is 9.97 Å². The number of halogens is 4. The van der Waals surface area contributed by atoms with Gasteiger partial charge in [0.15, 0.2) is 0 Å². The van der Waals surface area contributed by atoms with E-state index < -0.39 is 0 Å². The topological polar surface area (TPSA) is 35.6 Å². The van der Waals surface area contributed by atoms with E-state index in [9.17, 15) is 0 Å². The van der Waals surface area contributed by atoms with Crippen molar-refractivity contribution in [3.63, 3.8) is 0 Å². The minimum absolute atomic E-state index is 0.698. The number of benzene rings is 6. The van der Waals surface area contributed by atoms with Crippen molar-refractivity contribution >= 4 is 63.7 Å². The van der Waals surface area contributed by atoms with Gasteiger partial charge in [-0.2, -0.15) is 0 Å². The third-order valence-electron chi connectivity index (χ3n) is 8.45. The van der Waals surface area contributed by atoms with Crippen molar-refractivity contribution in [2.75, 3.05) is 0 Å². The third kappa shape index (κ3) is 6.15. The van der Waals surface area contributed by atoms with Gasteiger partial charge in [0.05, 0.1) is 28.5 Å². The molecule has 0 radical (unpaired) electrons. The lowest BCUT2D eigenvalue weighted by molar-refractivity contribution is 0.900. The van der Waals surface area contributed by atoms with Crippen LogP contribution < -0.4 is 0 Å². The second-order valence-electron chi connectivity index (χ2n) is 11.6. The molecule has 0 fully saturated rings. The molecule has 0 N–H and O–H groups in total. The van der Waals surface area contributed by atoms with Gasteiger partial charge in [0, 0.05) is 45.7 Å². The van der Waals surface area contributed by atoms with Gasteiger partial charge in [-0.25, -0.2) is 9.97 Å². The van der Waals surface area contributed by atoms with Crippen LogP contribution in [0.5, 0.6) is 0 Å². The molecule has 0 amide bonds. The van der Waals surface area contributed by atoms with Crippen LogP contribution in [0.3, 0.4) is 0 Å². The van der Waals surface area contributed by atoms with Gasteiger partial charge in [-0.15, -0.1) is 0 Å². The van der Waals surface area contributed by atoms with E-state index >= 15 is 0 Å². The molecule has 0 unspecified atom stereocenters. The first-order valence-electron chi connectivity index (χ1n) is 15.9. The lowest BCUT2D eigenvalue weighted by atomic mass is 10.0. The molecule has 4 nitrogen and oxygen atoms in total. The van der Waals surface area contributed by atoms with E-state index in [1.165, 1.54) is 0 Å². The first-order valence-corrected chi connectivity index (χ1v) is 19.0. The lowest BCUT2D eigenvalue weighted by Gasteiger charge is -2.18. The summed E-state index contributed by atoms with van der Waals surface area (Å²) in [6.07, 6.45) is 0. The van der Waals surface area contributed by atoms with Crippen molar-refractivity contribution in [3.05, 3.63) is 176 Å². The van der Waals surface area contributed by atoms with Gasteiger partial charge in [-0.3, -0.25) is 9.13 Å². The van der Waals surface area contributed by atoms with Gasteiger partial charge in [0.1, 0.15) is 5.82 Å². The number of imidazole rings is 2. The summed E-state index contributed by atoms with van der Waals surface area (Å²) in [6.45, 7) is 0. The van der Waals surface area contributed by atoms with Crippen LogP contribution in [-0.2, 0) is 0 Å². The van der Waals surface area contributed by atoms with Crippen molar-refractivity contribution in [1.82, 2.24) is 19.1 Å². The third-order valence-corrected chi connectivity index (χ3v) is 10.7. The van der Waals surface area contributed by atoms with Gasteiger partial charge >= 0.3 is 0 Å². The molecule has 8 heteroatoms. The minimum Gasteiger partial charge on any atom is -0.276 e. The van der Waals surface area contributed by atoms with Crippen molar-refractivity contribution in [1.29, 1.82) is 0 Å². The van der Waals surface area contributed by atoms with Gasteiger partial charge in [-0.05, 0) is 68.3 Å². The summed E-state index contributed by atoms with van der Waals surface area (Å²) >= 11 is 15.2. The maximum absolute atomic E-state index is 5.62. The summed E-state index contributed by atoms with van der Waals surface area (Å²) in [5, 5.41) is 0. The Morgan fingerprint density at radius 3 is 1.34 bits per heavy atom. The molecule has 2 aromatic heterocycles. The van der Waals surface area contributed by atoms with Crippen LogP contribution >= 0.6 is 63.7 Å². The van der Waals surface area contributed by atoms with Gasteiger partial charge in [0.25, 0.3) is 0 Å². The van der Waals surface area contributed by atoms with Crippen molar-refractivity contribution in [2.24, 2.45) is 0 Å². The van der Waals surface area contributed by atoms with E-state index in [0.29, 0.717) is 5.95 Å². The Kier molecular flexibility index (Phi) is 9.27. The van der Waals surface area contributed by atoms with E-state index in [-0.39, 0.29) is 0 Å². The Hall–Kier alpha value is -4.34. The summed E-state index contributed by atoms with van der Waals surface area (Å²) in [7, 11) is 0. The zero-order chi connectivity index (χ0) is 34.2. The van der Waals surface area contributed by atoms with E-state index in [0.717, 1.165) is 80.0 Å². The molecule has 0 aliphatic carbocycles. The highest BCUT2D eigenvalue weighted by atomic mass is 79.9. The molecular weight excluding hydrogens is 880 g/mol. The highest BCUT2D eigenvalue weighted by Crippen LogP contribution is 2.45. The lowest BCUT2D eigenvalue weighted by Crippen LogP contribution is -2.10. The van der Waals surface area contributed by atoms with Crippen LogP contribution in [0.15, 0.2) is 176 Å². The maximum atomic E-state index is 5.62. The molecule has 50 heavy (non-hydrogen) atoms. The second kappa shape index (κ2) is 14.1. The number of hydrogen-bond donors (Lipinski definition) is 0. The van der Waals surface area contributed by atoms with Gasteiger partial charge < -0.3 is 0 Å². The van der Waals surface area contributed by atoms with Crippen LogP contribution in [0, 0.1) is 0 Å². The normalized spacial score (nSPS) is 11.2. The van der Waals surface area contributed by atoms with Crippen LogP contribution in [-0.4, -0.2) is 19.1 Å². The number of aromatic nitrogens is 4. The number of hydrogen-bond acceptors (Lipinski definition) is 2. The van der Waals surface area contributed by atoms with Crippen LogP contribution in [0.25, 0.3) is 68.1 Å². The van der Waals surface area contributed by atoms with Crippen LogP contribution in [0.4, 0.5) is 0 Å². The molecule has 0 saturated heterocycles. The predicted molar refractivity (Wildman–Crippen MR) is 219 cm³/mol. The molecule has 8 rings (SSSR count). The quantitative estimate of drug-likeness (QED) is 0.160. The number of nitrogens with zero attached hydrogens (tertiary/aromatic N) is 4. The van der Waals surface area contributed by atoms with Gasteiger partial charge in [0.2, 0.25) is 5.95 Å². The molecule has 8 aromatic rings. The largest absolute Gasteiger partial charge is 0.276 e. The summed E-state index contributed by atoms with van der Waals surface area (Å²) in [4.78, 5) is 11.1. The van der Waals surface area contributed by atoms with E-state index in [1.807, 2.05) is 30.3 Å². The average molecular weight is 906 g/mol. The highest BCUT2D eigenvalue weighted by molar-refractivity contribution is 9.11. The highest BCUT2D eigenvalue weighted by Gasteiger charge is 2.30. The predicted octanol–water partition coefficient (Wildman–Crippen LogP) is 13.4. The molecule has 0 atom stereocenters. The molecular formula is C42H26Br4N4. The van der Waals surface area contributed by atoms with E-state index in [2.05, 4.69) is 200 Å². The monoisotopic (exact) mass is 902 g/mol. The van der Waals surface area contributed by atoms with Crippen LogP contribution in [0.2, 0.25) is 0 Å². The van der Waals surface area contributed by atoms with Crippen molar-refractivity contribution in [3.8, 4) is 68.1 Å². The Morgan fingerprint density at radius 1 is 0.400 bits per heavy atom. The second-order valence-corrected chi connectivity index (χ2v) is 15.1. The Morgan fingerprint density at radius 2 is 0.840 bits per heavy atom. The molecule has 0 aliphatic heterocycles.